The zero-order chi connectivity index (χ0) is 14.3. The van der Waals surface area contributed by atoms with Gasteiger partial charge in [-0.25, -0.2) is 4.79 Å². The number of nitrogens with two attached hydrogens (primary N) is 1. The topological polar surface area (TPSA) is 52.3 Å². The highest BCUT2D eigenvalue weighted by molar-refractivity contribution is 9.10. The summed E-state index contributed by atoms with van der Waals surface area (Å²) < 4.78 is 5.79. The van der Waals surface area contributed by atoms with Crippen molar-refractivity contribution in [1.29, 1.82) is 0 Å². The highest BCUT2D eigenvalue weighted by Crippen LogP contribution is 2.19. The quantitative estimate of drug-likeness (QED) is 0.844. The van der Waals surface area contributed by atoms with Crippen LogP contribution in [0.5, 0.6) is 0 Å². The summed E-state index contributed by atoms with van der Waals surface area (Å²) in [7, 11) is 0. The molecule has 0 aliphatic rings. The van der Waals surface area contributed by atoms with E-state index >= 15 is 0 Å². The van der Waals surface area contributed by atoms with Crippen LogP contribution in [0.1, 0.15) is 38.8 Å². The van der Waals surface area contributed by atoms with Crippen LogP contribution in [0.15, 0.2) is 22.7 Å². The number of benzene rings is 1. The maximum atomic E-state index is 10.0. The molecule has 0 heterocycles. The van der Waals surface area contributed by atoms with Gasteiger partial charge in [-0.1, -0.05) is 35.0 Å². The molecule has 0 aromatic heterocycles. The van der Waals surface area contributed by atoms with Gasteiger partial charge in [-0.2, -0.15) is 0 Å². The van der Waals surface area contributed by atoms with E-state index < -0.39 is 11.7 Å². The molecule has 0 bridgehead atoms. The normalized spacial score (nSPS) is 10.3. The monoisotopic (exact) mass is 315 g/mol. The van der Waals surface area contributed by atoms with E-state index in [1.165, 1.54) is 15.6 Å². The van der Waals surface area contributed by atoms with E-state index in [2.05, 4.69) is 52.7 Å². The third kappa shape index (κ3) is 7.33. The lowest BCUT2D eigenvalue weighted by Gasteiger charge is -2.16. The predicted octanol–water partition coefficient (Wildman–Crippen LogP) is 4.20. The van der Waals surface area contributed by atoms with Crippen molar-refractivity contribution in [3.05, 3.63) is 33.8 Å². The van der Waals surface area contributed by atoms with Crippen LogP contribution >= 0.6 is 15.9 Å². The predicted molar refractivity (Wildman–Crippen MR) is 78.7 cm³/mol. The van der Waals surface area contributed by atoms with Crippen molar-refractivity contribution >= 4 is 22.0 Å². The van der Waals surface area contributed by atoms with E-state index in [0.29, 0.717) is 0 Å². The summed E-state index contributed by atoms with van der Waals surface area (Å²) in [4.78, 5) is 10.0. The Kier molecular flexibility index (Phi) is 6.99. The van der Waals surface area contributed by atoms with E-state index in [9.17, 15) is 4.79 Å². The number of aryl methyl sites for hydroxylation is 1. The second-order valence-electron chi connectivity index (χ2n) is 4.91. The summed E-state index contributed by atoms with van der Waals surface area (Å²) in [5, 5.41) is 0. The van der Waals surface area contributed by atoms with Crippen molar-refractivity contribution in [1.82, 2.24) is 0 Å². The summed E-state index contributed by atoms with van der Waals surface area (Å²) in [5.41, 5.74) is 7.06. The molecule has 102 valence electrons. The number of halogens is 1. The van der Waals surface area contributed by atoms with Crippen LogP contribution < -0.4 is 5.73 Å². The third-order valence-electron chi connectivity index (χ3n) is 2.17. The standard InChI is InChI=1S/C9H11Br.C5H11NO2/c1-3-8-5-4-6-9(10)7(8)2;1-5(2,3)8-4(6)7/h4-6H,3H2,1-2H3;1-3H3,(H2,6,7). The van der Waals surface area contributed by atoms with Gasteiger partial charge >= 0.3 is 6.09 Å². The lowest BCUT2D eigenvalue weighted by molar-refractivity contribution is 0.0600. The Balaban J connectivity index is 0.000000331. The number of amides is 1. The average molecular weight is 316 g/mol. The SMILES string of the molecule is CC(C)(C)OC(N)=O.CCc1cccc(Br)c1C. The lowest BCUT2D eigenvalue weighted by Crippen LogP contribution is -2.27. The number of carbonyl (C=O) groups excluding carboxylic acids is 1. The van der Waals surface area contributed by atoms with Gasteiger partial charge in [-0.05, 0) is 51.3 Å². The van der Waals surface area contributed by atoms with Gasteiger partial charge in [0.25, 0.3) is 0 Å². The highest BCUT2D eigenvalue weighted by atomic mass is 79.9. The maximum absolute atomic E-state index is 10.0. The Morgan fingerprint density at radius 1 is 1.39 bits per heavy atom. The first kappa shape index (κ1) is 17.0. The molecule has 0 saturated heterocycles. The molecule has 1 aromatic rings. The molecule has 4 heteroatoms. The summed E-state index contributed by atoms with van der Waals surface area (Å²) in [6.45, 7) is 9.60. The molecule has 0 aliphatic heterocycles. The molecule has 2 N–H and O–H groups in total. The molecule has 0 atom stereocenters. The number of carbonyl (C=O) groups is 1. The van der Waals surface area contributed by atoms with E-state index in [4.69, 9.17) is 5.73 Å². The van der Waals surface area contributed by atoms with Crippen LogP contribution in [0.4, 0.5) is 4.79 Å². The summed E-state index contributed by atoms with van der Waals surface area (Å²) >= 11 is 3.49. The second-order valence-corrected chi connectivity index (χ2v) is 5.77. The molecule has 0 radical (unpaired) electrons. The van der Waals surface area contributed by atoms with Crippen LogP contribution in [-0.2, 0) is 11.2 Å². The van der Waals surface area contributed by atoms with E-state index in [0.717, 1.165) is 6.42 Å². The summed E-state index contributed by atoms with van der Waals surface area (Å²) in [6, 6.07) is 6.32. The van der Waals surface area contributed by atoms with Gasteiger partial charge < -0.3 is 10.5 Å². The zero-order valence-corrected chi connectivity index (χ0v) is 13.3. The van der Waals surface area contributed by atoms with Gasteiger partial charge in [0, 0.05) is 4.47 Å². The Hall–Kier alpha value is -1.03. The van der Waals surface area contributed by atoms with Crippen LogP contribution in [0.3, 0.4) is 0 Å². The fraction of sp³-hybridized carbons (Fsp3) is 0.500. The van der Waals surface area contributed by atoms with Crippen molar-refractivity contribution in [2.24, 2.45) is 5.73 Å². The second kappa shape index (κ2) is 7.41. The number of primary amides is 1. The van der Waals surface area contributed by atoms with Gasteiger partial charge in [0.1, 0.15) is 5.60 Å². The average Bonchev–Trinajstić information content (AvgIpc) is 2.19. The number of hydrogen-bond acceptors (Lipinski definition) is 2. The molecule has 0 spiro atoms. The van der Waals surface area contributed by atoms with Crippen molar-refractivity contribution < 1.29 is 9.53 Å². The van der Waals surface area contributed by atoms with E-state index in [-0.39, 0.29) is 0 Å². The van der Waals surface area contributed by atoms with Crippen molar-refractivity contribution in [3.8, 4) is 0 Å². The summed E-state index contributed by atoms with van der Waals surface area (Å²) in [6.07, 6.45) is 0.392. The first-order chi connectivity index (χ1) is 8.17. The fourth-order valence-electron chi connectivity index (χ4n) is 1.34. The van der Waals surface area contributed by atoms with Crippen LogP contribution in [-0.4, -0.2) is 11.7 Å². The molecule has 0 unspecified atom stereocenters. The smallest absolute Gasteiger partial charge is 0.405 e. The lowest BCUT2D eigenvalue weighted by atomic mass is 10.1. The molecular formula is C14H22BrNO2. The minimum Gasteiger partial charge on any atom is -0.444 e. The van der Waals surface area contributed by atoms with E-state index in [1.807, 2.05) is 0 Å². The Morgan fingerprint density at radius 3 is 2.22 bits per heavy atom. The van der Waals surface area contributed by atoms with Gasteiger partial charge in [0.15, 0.2) is 0 Å². The van der Waals surface area contributed by atoms with Crippen LogP contribution in [0.25, 0.3) is 0 Å². The molecule has 0 fully saturated rings. The Labute approximate surface area is 118 Å². The zero-order valence-electron chi connectivity index (χ0n) is 11.7. The molecule has 1 aromatic carbocycles. The van der Waals surface area contributed by atoms with Gasteiger partial charge in [0.2, 0.25) is 0 Å². The van der Waals surface area contributed by atoms with Crippen molar-refractivity contribution in [2.45, 2.75) is 46.6 Å². The minimum atomic E-state index is -0.725. The summed E-state index contributed by atoms with van der Waals surface area (Å²) in [5.74, 6) is 0. The van der Waals surface area contributed by atoms with Gasteiger partial charge in [-0.3, -0.25) is 0 Å². The molecule has 3 nitrogen and oxygen atoms in total. The van der Waals surface area contributed by atoms with Crippen LogP contribution in [0.2, 0.25) is 0 Å². The first-order valence-electron chi connectivity index (χ1n) is 5.89. The molecule has 1 amide bonds. The minimum absolute atomic E-state index is 0.453. The Bertz CT molecular complexity index is 397. The highest BCUT2D eigenvalue weighted by Gasteiger charge is 2.12. The fourth-order valence-corrected chi connectivity index (χ4v) is 1.74. The largest absolute Gasteiger partial charge is 0.444 e. The Morgan fingerprint density at radius 2 is 1.94 bits per heavy atom. The van der Waals surface area contributed by atoms with Crippen LogP contribution in [0, 0.1) is 6.92 Å². The van der Waals surface area contributed by atoms with Crippen molar-refractivity contribution in [2.75, 3.05) is 0 Å². The number of ether oxygens (including phenoxy) is 1. The maximum Gasteiger partial charge on any atom is 0.405 e. The van der Waals surface area contributed by atoms with Gasteiger partial charge in [0.05, 0.1) is 0 Å². The number of rotatable bonds is 1. The number of hydrogen-bond donors (Lipinski definition) is 1. The van der Waals surface area contributed by atoms with Gasteiger partial charge in [-0.15, -0.1) is 0 Å². The molecular weight excluding hydrogens is 294 g/mol. The first-order valence-corrected chi connectivity index (χ1v) is 6.69. The molecule has 1 rings (SSSR count). The molecule has 18 heavy (non-hydrogen) atoms. The third-order valence-corrected chi connectivity index (χ3v) is 3.03. The van der Waals surface area contributed by atoms with E-state index in [1.54, 1.807) is 20.8 Å². The molecule has 0 aliphatic carbocycles. The van der Waals surface area contributed by atoms with Crippen molar-refractivity contribution in [3.63, 3.8) is 0 Å². The molecule has 0 saturated carbocycles.